The van der Waals surface area contributed by atoms with Gasteiger partial charge in [0, 0.05) is 30.5 Å². The zero-order valence-corrected chi connectivity index (χ0v) is 21.8. The molecule has 1 N–H and O–H groups in total. The van der Waals surface area contributed by atoms with Crippen molar-refractivity contribution in [2.24, 2.45) is 11.8 Å². The van der Waals surface area contributed by atoms with Crippen LogP contribution in [0.3, 0.4) is 0 Å². The summed E-state index contributed by atoms with van der Waals surface area (Å²) in [5.41, 5.74) is 5.02. The number of amides is 3. The minimum Gasteiger partial charge on any atom is -0.456 e. The van der Waals surface area contributed by atoms with Gasteiger partial charge >= 0.3 is 5.97 Å². The molecule has 1 saturated heterocycles. The van der Waals surface area contributed by atoms with E-state index in [4.69, 9.17) is 4.74 Å². The highest BCUT2D eigenvalue weighted by Gasteiger charge is 2.61. The average molecular weight is 541 g/mol. The zero-order valence-electron chi connectivity index (χ0n) is 21.8. The van der Waals surface area contributed by atoms with E-state index in [1.165, 1.54) is 29.2 Å². The van der Waals surface area contributed by atoms with Gasteiger partial charge in [-0.2, -0.15) is 0 Å². The molecule has 204 valence electrons. The summed E-state index contributed by atoms with van der Waals surface area (Å²) in [4.78, 5) is 52.6. The Morgan fingerprint density at radius 2 is 1.27 bits per heavy atom. The summed E-state index contributed by atoms with van der Waals surface area (Å²) in [5.74, 6) is -2.59. The number of carbonyl (C=O) groups excluding carboxylic acids is 4. The van der Waals surface area contributed by atoms with E-state index >= 15 is 0 Å². The van der Waals surface area contributed by atoms with Gasteiger partial charge in [0.25, 0.3) is 5.91 Å². The number of esters is 1. The van der Waals surface area contributed by atoms with Gasteiger partial charge in [-0.05, 0) is 59.4 Å². The standard InChI is InChI=1S/C32H29FN2O5/c33-19-13-15-20(16-14-19)34-25(36)18-40-26(37)12-2-1-7-17-35-31(38)29-27-21-8-3-4-9-22(21)28(30(29)32(35)39)24-11-6-5-10-23(24)27/h3-6,8-11,13-16,27-30H,1-2,7,12,17-18H2,(H,34,36)/t27?,28?,29-,30-/m1/s1. The number of carbonyl (C=O) groups is 4. The molecule has 2 atom stereocenters. The lowest BCUT2D eigenvalue weighted by Gasteiger charge is -2.45. The van der Waals surface area contributed by atoms with E-state index in [1.807, 2.05) is 24.3 Å². The van der Waals surface area contributed by atoms with Crippen LogP contribution in [-0.4, -0.2) is 41.7 Å². The van der Waals surface area contributed by atoms with E-state index in [2.05, 4.69) is 29.6 Å². The van der Waals surface area contributed by atoms with Crippen molar-refractivity contribution in [3.05, 3.63) is 101 Å². The number of imide groups is 1. The largest absolute Gasteiger partial charge is 0.456 e. The number of rotatable bonds is 9. The third-order valence-electron chi connectivity index (χ3n) is 8.29. The molecular formula is C32H29FN2O5. The molecule has 2 bridgehead atoms. The van der Waals surface area contributed by atoms with Crippen molar-refractivity contribution < 1.29 is 28.3 Å². The number of halogens is 1. The van der Waals surface area contributed by atoms with Crippen molar-refractivity contribution in [2.75, 3.05) is 18.5 Å². The quantitative estimate of drug-likeness (QED) is 0.240. The number of hydrogen-bond donors (Lipinski definition) is 1. The topological polar surface area (TPSA) is 92.8 Å². The fourth-order valence-corrected chi connectivity index (χ4v) is 6.62. The van der Waals surface area contributed by atoms with Gasteiger partial charge in [-0.25, -0.2) is 4.39 Å². The Morgan fingerprint density at radius 3 is 1.80 bits per heavy atom. The Kier molecular flexibility index (Phi) is 6.92. The molecule has 0 aromatic heterocycles. The summed E-state index contributed by atoms with van der Waals surface area (Å²) in [5, 5.41) is 2.53. The van der Waals surface area contributed by atoms with Crippen LogP contribution < -0.4 is 5.32 Å². The third-order valence-corrected chi connectivity index (χ3v) is 8.29. The number of ether oxygens (including phenoxy) is 1. The number of unbranched alkanes of at least 4 members (excludes halogenated alkanes) is 2. The maximum absolute atomic E-state index is 13.6. The Morgan fingerprint density at radius 1 is 0.750 bits per heavy atom. The molecular weight excluding hydrogens is 511 g/mol. The lowest BCUT2D eigenvalue weighted by Crippen LogP contribution is -2.41. The molecule has 7 nitrogen and oxygen atoms in total. The monoisotopic (exact) mass is 540 g/mol. The van der Waals surface area contributed by atoms with Crippen LogP contribution in [-0.2, 0) is 23.9 Å². The Balaban J connectivity index is 1.000. The summed E-state index contributed by atoms with van der Waals surface area (Å²) >= 11 is 0. The molecule has 3 aromatic carbocycles. The lowest BCUT2D eigenvalue weighted by molar-refractivity contribution is -0.147. The van der Waals surface area contributed by atoms with Gasteiger partial charge in [-0.15, -0.1) is 0 Å². The van der Waals surface area contributed by atoms with Gasteiger partial charge < -0.3 is 10.1 Å². The smallest absolute Gasteiger partial charge is 0.306 e. The molecule has 40 heavy (non-hydrogen) atoms. The van der Waals surface area contributed by atoms with Crippen LogP contribution in [0, 0.1) is 17.7 Å². The predicted octanol–water partition coefficient (Wildman–Crippen LogP) is 4.76. The highest BCUT2D eigenvalue weighted by atomic mass is 19.1. The fourth-order valence-electron chi connectivity index (χ4n) is 6.62. The first-order chi connectivity index (χ1) is 19.4. The maximum Gasteiger partial charge on any atom is 0.306 e. The maximum atomic E-state index is 13.6. The Labute approximate surface area is 231 Å². The Hall–Kier alpha value is -4.33. The summed E-state index contributed by atoms with van der Waals surface area (Å²) in [6.07, 6.45) is 1.87. The van der Waals surface area contributed by atoms with Crippen molar-refractivity contribution in [3.8, 4) is 0 Å². The molecule has 4 aliphatic rings. The van der Waals surface area contributed by atoms with Crippen LogP contribution in [0.2, 0.25) is 0 Å². The van der Waals surface area contributed by atoms with E-state index in [0.717, 1.165) is 22.3 Å². The van der Waals surface area contributed by atoms with Gasteiger partial charge in [0.2, 0.25) is 11.8 Å². The van der Waals surface area contributed by atoms with Crippen LogP contribution >= 0.6 is 0 Å². The third kappa shape index (κ3) is 4.57. The van der Waals surface area contributed by atoms with Crippen LogP contribution in [0.4, 0.5) is 10.1 Å². The van der Waals surface area contributed by atoms with Crippen LogP contribution in [0.5, 0.6) is 0 Å². The first-order valence-electron chi connectivity index (χ1n) is 13.7. The van der Waals surface area contributed by atoms with E-state index in [9.17, 15) is 23.6 Å². The van der Waals surface area contributed by atoms with Gasteiger partial charge in [0.05, 0.1) is 11.8 Å². The molecule has 1 fully saturated rings. The normalized spacial score (nSPS) is 22.0. The van der Waals surface area contributed by atoms with Gasteiger partial charge in [-0.1, -0.05) is 55.0 Å². The molecule has 3 amide bonds. The van der Waals surface area contributed by atoms with Crippen molar-refractivity contribution in [1.82, 2.24) is 4.90 Å². The highest BCUT2D eigenvalue weighted by Crippen LogP contribution is 2.60. The second kappa shape index (κ2) is 10.7. The molecule has 7 rings (SSSR count). The Bertz CT molecular complexity index is 1370. The number of nitrogens with zero attached hydrogens (tertiary/aromatic N) is 1. The first-order valence-corrected chi connectivity index (χ1v) is 13.7. The second-order valence-electron chi connectivity index (χ2n) is 10.6. The summed E-state index contributed by atoms with van der Waals surface area (Å²) in [7, 11) is 0. The van der Waals surface area contributed by atoms with Crippen LogP contribution in [0.25, 0.3) is 0 Å². The van der Waals surface area contributed by atoms with Crippen molar-refractivity contribution in [1.29, 1.82) is 0 Å². The number of nitrogens with one attached hydrogen (secondary N) is 1. The molecule has 0 spiro atoms. The molecule has 0 unspecified atom stereocenters. The fraction of sp³-hybridized carbons (Fsp3) is 0.312. The van der Waals surface area contributed by atoms with E-state index in [-0.39, 0.29) is 41.9 Å². The number of anilines is 1. The molecule has 3 aromatic rings. The molecule has 0 radical (unpaired) electrons. The van der Waals surface area contributed by atoms with Gasteiger partial charge in [-0.3, -0.25) is 24.1 Å². The van der Waals surface area contributed by atoms with E-state index in [1.54, 1.807) is 0 Å². The second-order valence-corrected chi connectivity index (χ2v) is 10.6. The first kappa shape index (κ1) is 25.9. The molecule has 1 aliphatic heterocycles. The summed E-state index contributed by atoms with van der Waals surface area (Å²) < 4.78 is 18.0. The van der Waals surface area contributed by atoms with Crippen molar-refractivity contribution in [3.63, 3.8) is 0 Å². The minimum atomic E-state index is -0.509. The zero-order chi connectivity index (χ0) is 27.8. The van der Waals surface area contributed by atoms with Crippen LogP contribution in [0.15, 0.2) is 72.8 Å². The van der Waals surface area contributed by atoms with Gasteiger partial charge in [0.1, 0.15) is 5.82 Å². The SMILES string of the molecule is O=C(COC(=O)CCCCCN1C(=O)[C@@H]2C3c4ccccc4C(c4ccccc43)[C@H]2C1=O)Nc1ccc(F)cc1. The summed E-state index contributed by atoms with van der Waals surface area (Å²) in [6.45, 7) is -0.102. The molecule has 1 heterocycles. The van der Waals surface area contributed by atoms with Gasteiger partial charge in [0.15, 0.2) is 6.61 Å². The molecule has 0 saturated carbocycles. The number of hydrogen-bond acceptors (Lipinski definition) is 5. The van der Waals surface area contributed by atoms with Crippen molar-refractivity contribution in [2.45, 2.75) is 37.5 Å². The van der Waals surface area contributed by atoms with Crippen molar-refractivity contribution >= 4 is 29.4 Å². The van der Waals surface area contributed by atoms with E-state index < -0.39 is 24.3 Å². The highest BCUT2D eigenvalue weighted by molar-refractivity contribution is 6.07. The lowest BCUT2D eigenvalue weighted by atomic mass is 9.55. The number of benzene rings is 3. The molecule has 3 aliphatic carbocycles. The average Bonchev–Trinajstić information content (AvgIpc) is 3.22. The summed E-state index contributed by atoms with van der Waals surface area (Å²) in [6, 6.07) is 21.6. The van der Waals surface area contributed by atoms with Crippen LogP contribution in [0.1, 0.15) is 59.8 Å². The van der Waals surface area contributed by atoms with E-state index in [0.29, 0.717) is 31.5 Å². The number of likely N-dealkylation sites (tertiary alicyclic amines) is 1. The predicted molar refractivity (Wildman–Crippen MR) is 145 cm³/mol. The molecule has 8 heteroatoms. The minimum absolute atomic E-state index is 0.0967.